The zero-order valence-corrected chi connectivity index (χ0v) is 16.6. The second-order valence-electron chi connectivity index (χ2n) is 5.92. The zero-order valence-electron chi connectivity index (χ0n) is 15.0. The van der Waals surface area contributed by atoms with E-state index in [0.29, 0.717) is 16.5 Å². The number of fused-ring (bicyclic) bond motifs is 1. The average Bonchev–Trinajstić information content (AvgIpc) is 2.98. The molecule has 0 saturated carbocycles. The van der Waals surface area contributed by atoms with Gasteiger partial charge in [0.15, 0.2) is 6.61 Å². The first kappa shape index (κ1) is 21.1. The molecule has 146 valence electrons. The van der Waals surface area contributed by atoms with Gasteiger partial charge in [0.05, 0.1) is 12.1 Å². The van der Waals surface area contributed by atoms with E-state index in [1.807, 2.05) is 6.92 Å². The number of halogens is 2. The van der Waals surface area contributed by atoms with Gasteiger partial charge >= 0.3 is 11.9 Å². The molecule has 2 atom stereocenters. The highest BCUT2D eigenvalue weighted by atomic mass is 35.5. The van der Waals surface area contributed by atoms with E-state index in [1.165, 1.54) is 25.3 Å². The molecule has 2 rings (SSSR count). The highest BCUT2D eigenvalue weighted by molar-refractivity contribution is 7.21. The summed E-state index contributed by atoms with van der Waals surface area (Å²) < 4.78 is 23.5. The topological polar surface area (TPSA) is 81.7 Å². The van der Waals surface area contributed by atoms with E-state index < -0.39 is 36.3 Å². The van der Waals surface area contributed by atoms with E-state index in [9.17, 15) is 18.8 Å². The number of carbonyl (C=O) groups is 3. The van der Waals surface area contributed by atoms with Crippen molar-refractivity contribution in [1.82, 2.24) is 5.32 Å². The number of rotatable bonds is 7. The van der Waals surface area contributed by atoms with Gasteiger partial charge in [0, 0.05) is 10.1 Å². The summed E-state index contributed by atoms with van der Waals surface area (Å²) in [6.45, 7) is 3.09. The Hall–Kier alpha value is -2.19. The summed E-state index contributed by atoms with van der Waals surface area (Å²) in [6, 6.07) is 3.15. The first-order chi connectivity index (χ1) is 12.8. The fourth-order valence-electron chi connectivity index (χ4n) is 2.38. The molecule has 1 heterocycles. The second kappa shape index (κ2) is 9.14. The summed E-state index contributed by atoms with van der Waals surface area (Å²) in [6.07, 6.45) is 0.647. The van der Waals surface area contributed by atoms with Crippen molar-refractivity contribution in [2.24, 2.45) is 5.92 Å². The Morgan fingerprint density at radius 1 is 1.33 bits per heavy atom. The second-order valence-corrected chi connectivity index (χ2v) is 7.35. The lowest BCUT2D eigenvalue weighted by Gasteiger charge is -2.21. The summed E-state index contributed by atoms with van der Waals surface area (Å²) >= 11 is 7.13. The van der Waals surface area contributed by atoms with Crippen molar-refractivity contribution >= 4 is 50.9 Å². The number of hydrogen-bond acceptors (Lipinski definition) is 6. The Labute approximate surface area is 164 Å². The molecular weight excluding hydrogens is 397 g/mol. The molecule has 0 radical (unpaired) electrons. The third-order valence-electron chi connectivity index (χ3n) is 4.10. The predicted molar refractivity (Wildman–Crippen MR) is 100 cm³/mol. The fourth-order valence-corrected chi connectivity index (χ4v) is 3.81. The van der Waals surface area contributed by atoms with Crippen LogP contribution in [-0.2, 0) is 19.1 Å². The van der Waals surface area contributed by atoms with Gasteiger partial charge < -0.3 is 14.8 Å². The number of esters is 2. The maximum absolute atomic E-state index is 13.3. The maximum atomic E-state index is 13.3. The Kier molecular flexibility index (Phi) is 7.15. The quantitative estimate of drug-likeness (QED) is 0.699. The van der Waals surface area contributed by atoms with Crippen molar-refractivity contribution in [3.05, 3.63) is 33.9 Å². The summed E-state index contributed by atoms with van der Waals surface area (Å²) in [7, 11) is 1.23. The molecule has 0 aliphatic carbocycles. The van der Waals surface area contributed by atoms with Gasteiger partial charge in [-0.25, -0.2) is 14.0 Å². The van der Waals surface area contributed by atoms with Gasteiger partial charge in [-0.2, -0.15) is 0 Å². The van der Waals surface area contributed by atoms with Crippen LogP contribution < -0.4 is 5.32 Å². The minimum Gasteiger partial charge on any atom is -0.467 e. The van der Waals surface area contributed by atoms with E-state index in [0.717, 1.165) is 11.3 Å². The molecule has 2 aromatic rings. The van der Waals surface area contributed by atoms with Crippen LogP contribution in [0.4, 0.5) is 4.39 Å². The fraction of sp³-hybridized carbons (Fsp3) is 0.389. The smallest absolute Gasteiger partial charge is 0.350 e. The van der Waals surface area contributed by atoms with Crippen molar-refractivity contribution in [2.45, 2.75) is 26.3 Å². The van der Waals surface area contributed by atoms with Gasteiger partial charge in [-0.3, -0.25) is 4.79 Å². The van der Waals surface area contributed by atoms with Crippen LogP contribution in [0.25, 0.3) is 10.1 Å². The van der Waals surface area contributed by atoms with Crippen molar-refractivity contribution < 1.29 is 28.2 Å². The summed E-state index contributed by atoms with van der Waals surface area (Å²) in [4.78, 5) is 36.2. The van der Waals surface area contributed by atoms with Crippen LogP contribution in [-0.4, -0.2) is 37.6 Å². The normalized spacial score (nSPS) is 13.1. The van der Waals surface area contributed by atoms with Gasteiger partial charge in [-0.15, -0.1) is 11.3 Å². The largest absolute Gasteiger partial charge is 0.467 e. The van der Waals surface area contributed by atoms with Gasteiger partial charge in [-0.05, 0) is 24.1 Å². The van der Waals surface area contributed by atoms with Crippen molar-refractivity contribution in [2.75, 3.05) is 13.7 Å². The minimum absolute atomic E-state index is 0.0801. The summed E-state index contributed by atoms with van der Waals surface area (Å²) in [5.41, 5.74) is 0. The molecule has 0 saturated heterocycles. The molecule has 0 fully saturated rings. The number of amides is 1. The van der Waals surface area contributed by atoms with Crippen molar-refractivity contribution in [3.8, 4) is 0 Å². The third kappa shape index (κ3) is 4.95. The van der Waals surface area contributed by atoms with Gasteiger partial charge in [0.1, 0.15) is 16.7 Å². The Morgan fingerprint density at radius 3 is 2.67 bits per heavy atom. The lowest BCUT2D eigenvalue weighted by Crippen LogP contribution is -2.47. The van der Waals surface area contributed by atoms with Crippen LogP contribution in [0.3, 0.4) is 0 Å². The van der Waals surface area contributed by atoms with Crippen LogP contribution >= 0.6 is 22.9 Å². The molecule has 1 aromatic heterocycles. The molecule has 0 spiro atoms. The third-order valence-corrected chi connectivity index (χ3v) is 5.73. The Bertz CT molecular complexity index is 869. The van der Waals surface area contributed by atoms with Gasteiger partial charge in [0.2, 0.25) is 0 Å². The van der Waals surface area contributed by atoms with E-state index in [4.69, 9.17) is 16.3 Å². The molecule has 0 unspecified atom stereocenters. The number of nitrogens with one attached hydrogen (secondary N) is 1. The van der Waals surface area contributed by atoms with Crippen LogP contribution in [0, 0.1) is 11.7 Å². The molecule has 1 aromatic carbocycles. The van der Waals surface area contributed by atoms with Crippen LogP contribution in [0.5, 0.6) is 0 Å². The standard InChI is InChI=1S/C18H19ClFNO5S/c1-4-9(2)15(17(23)25-3)21-13(22)8-26-18(24)16-14(19)11-6-5-10(20)7-12(11)27-16/h5-7,9,15H,4,8H2,1-3H3,(H,21,22)/t9-,15+/m1/s1. The van der Waals surface area contributed by atoms with E-state index in [-0.39, 0.29) is 15.8 Å². The number of thiophene rings is 1. The van der Waals surface area contributed by atoms with E-state index >= 15 is 0 Å². The van der Waals surface area contributed by atoms with Crippen LogP contribution in [0.15, 0.2) is 18.2 Å². The highest BCUT2D eigenvalue weighted by Gasteiger charge is 2.27. The van der Waals surface area contributed by atoms with E-state index in [2.05, 4.69) is 10.1 Å². The molecule has 0 aliphatic rings. The first-order valence-corrected chi connectivity index (χ1v) is 9.39. The SMILES string of the molecule is CC[C@@H](C)[C@H](NC(=O)COC(=O)c1sc2cc(F)ccc2c1Cl)C(=O)OC. The van der Waals surface area contributed by atoms with Crippen molar-refractivity contribution in [1.29, 1.82) is 0 Å². The van der Waals surface area contributed by atoms with Crippen LogP contribution in [0.1, 0.15) is 29.9 Å². The Morgan fingerprint density at radius 2 is 2.04 bits per heavy atom. The summed E-state index contributed by atoms with van der Waals surface area (Å²) in [5, 5.41) is 3.18. The lowest BCUT2D eigenvalue weighted by atomic mass is 9.99. The summed E-state index contributed by atoms with van der Waals surface area (Å²) in [5.74, 6) is -2.60. The maximum Gasteiger partial charge on any atom is 0.350 e. The van der Waals surface area contributed by atoms with Crippen LogP contribution in [0.2, 0.25) is 5.02 Å². The zero-order chi connectivity index (χ0) is 20.1. The monoisotopic (exact) mass is 415 g/mol. The Balaban J connectivity index is 2.03. The van der Waals surface area contributed by atoms with Gasteiger partial charge in [-0.1, -0.05) is 31.9 Å². The lowest BCUT2D eigenvalue weighted by molar-refractivity contribution is -0.147. The minimum atomic E-state index is -0.831. The van der Waals surface area contributed by atoms with E-state index in [1.54, 1.807) is 6.92 Å². The number of hydrogen-bond donors (Lipinski definition) is 1. The number of benzene rings is 1. The molecule has 1 N–H and O–H groups in total. The average molecular weight is 416 g/mol. The number of carbonyl (C=O) groups excluding carboxylic acids is 3. The number of methoxy groups -OCH3 is 1. The number of ether oxygens (including phenoxy) is 2. The molecule has 0 bridgehead atoms. The highest BCUT2D eigenvalue weighted by Crippen LogP contribution is 2.36. The molecule has 0 aliphatic heterocycles. The molecule has 1 amide bonds. The molecule has 6 nitrogen and oxygen atoms in total. The van der Waals surface area contributed by atoms with Crippen molar-refractivity contribution in [3.63, 3.8) is 0 Å². The molecule has 9 heteroatoms. The molecular formula is C18H19ClFNO5S. The van der Waals surface area contributed by atoms with Gasteiger partial charge in [0.25, 0.3) is 5.91 Å². The first-order valence-electron chi connectivity index (χ1n) is 8.20. The molecule has 27 heavy (non-hydrogen) atoms. The predicted octanol–water partition coefficient (Wildman–Crippen LogP) is 3.55.